The van der Waals surface area contributed by atoms with Gasteiger partial charge in [0.1, 0.15) is 6.04 Å². The average Bonchev–Trinajstić information content (AvgIpc) is 2.43. The number of allylic oxidation sites excluding steroid dienone is 2. The molecule has 1 aliphatic rings. The zero-order valence-corrected chi connectivity index (χ0v) is 12.6. The van der Waals surface area contributed by atoms with E-state index in [1.165, 1.54) is 0 Å². The summed E-state index contributed by atoms with van der Waals surface area (Å²) in [6, 6.07) is -2.06. The standard InChI is InChI=1S/C12H9ClF6N4O/c1-4(12(17,18)19)20-10-22-8(21-9(13)23-10)5-2-3-11(15,16)7(24)6(5)14/h4H,2-3H2,1H3,(H,20,21,22,23). The summed E-state index contributed by atoms with van der Waals surface area (Å²) in [6.45, 7) is 0.780. The van der Waals surface area contributed by atoms with Crippen molar-refractivity contribution in [3.05, 3.63) is 16.9 Å². The van der Waals surface area contributed by atoms with Crippen LogP contribution >= 0.6 is 11.6 Å². The van der Waals surface area contributed by atoms with Gasteiger partial charge in [-0.15, -0.1) is 0 Å². The van der Waals surface area contributed by atoms with Gasteiger partial charge in [-0.1, -0.05) is 0 Å². The molecule has 12 heteroatoms. The van der Waals surface area contributed by atoms with Gasteiger partial charge in [-0.2, -0.15) is 36.9 Å². The molecular formula is C12H9ClF6N4O. The van der Waals surface area contributed by atoms with E-state index in [2.05, 4.69) is 15.0 Å². The van der Waals surface area contributed by atoms with E-state index in [-0.39, 0.29) is 0 Å². The summed E-state index contributed by atoms with van der Waals surface area (Å²) in [5.41, 5.74) is -0.557. The predicted molar refractivity (Wildman–Crippen MR) is 71.2 cm³/mol. The SMILES string of the molecule is CC(Nc1nc(Cl)nc(C2=C(F)C(=O)C(F)(F)CC2)n1)C(F)(F)F. The number of alkyl halides is 5. The zero-order chi connectivity index (χ0) is 18.3. The summed E-state index contributed by atoms with van der Waals surface area (Å²) >= 11 is 5.55. The number of nitrogens with zero attached hydrogens (tertiary/aromatic N) is 3. The fourth-order valence-corrected chi connectivity index (χ4v) is 2.00. The molecule has 0 bridgehead atoms. The van der Waals surface area contributed by atoms with Crippen LogP contribution in [0, 0.1) is 0 Å². The Kier molecular flexibility index (Phi) is 4.75. The summed E-state index contributed by atoms with van der Waals surface area (Å²) in [5.74, 6) is -8.83. The Morgan fingerprint density at radius 3 is 2.46 bits per heavy atom. The lowest BCUT2D eigenvalue weighted by Gasteiger charge is -2.21. The van der Waals surface area contributed by atoms with Gasteiger partial charge in [0, 0.05) is 12.0 Å². The van der Waals surface area contributed by atoms with E-state index < -0.39 is 65.2 Å². The maximum Gasteiger partial charge on any atom is 0.408 e. The fraction of sp³-hybridized carbons (Fsp3) is 0.500. The molecule has 0 aliphatic heterocycles. The van der Waals surface area contributed by atoms with Crippen LogP contribution < -0.4 is 5.32 Å². The van der Waals surface area contributed by atoms with Crippen molar-refractivity contribution in [1.82, 2.24) is 15.0 Å². The van der Waals surface area contributed by atoms with Gasteiger partial charge in [-0.05, 0) is 24.9 Å². The second-order valence-electron chi connectivity index (χ2n) is 4.99. The molecule has 0 saturated carbocycles. The number of ketones is 1. The third-order valence-electron chi connectivity index (χ3n) is 3.20. The number of carbonyl (C=O) groups excluding carboxylic acids is 1. The van der Waals surface area contributed by atoms with E-state index in [1.807, 2.05) is 5.32 Å². The third-order valence-corrected chi connectivity index (χ3v) is 3.37. The normalized spacial score (nSPS) is 19.4. The monoisotopic (exact) mass is 374 g/mol. The molecule has 132 valence electrons. The molecule has 0 spiro atoms. The van der Waals surface area contributed by atoms with Crippen molar-refractivity contribution in [2.45, 2.75) is 37.9 Å². The summed E-state index contributed by atoms with van der Waals surface area (Å²) in [4.78, 5) is 21.7. The number of nitrogens with one attached hydrogen (secondary N) is 1. The Hall–Kier alpha value is -1.91. The fourth-order valence-electron chi connectivity index (χ4n) is 1.84. The lowest BCUT2D eigenvalue weighted by Crippen LogP contribution is -2.34. The molecular weight excluding hydrogens is 366 g/mol. The average molecular weight is 375 g/mol. The van der Waals surface area contributed by atoms with Crippen LogP contribution in [-0.2, 0) is 4.79 Å². The molecule has 1 unspecified atom stereocenters. The zero-order valence-electron chi connectivity index (χ0n) is 11.9. The first-order valence-corrected chi connectivity index (χ1v) is 6.86. The number of halogens is 7. The van der Waals surface area contributed by atoms with Crippen molar-refractivity contribution in [3.63, 3.8) is 0 Å². The van der Waals surface area contributed by atoms with Crippen LogP contribution in [0.4, 0.5) is 32.3 Å². The summed E-state index contributed by atoms with van der Waals surface area (Å²) in [5, 5.41) is 1.31. The molecule has 24 heavy (non-hydrogen) atoms. The first kappa shape index (κ1) is 18.4. The number of hydrogen-bond acceptors (Lipinski definition) is 5. The lowest BCUT2D eigenvalue weighted by atomic mass is 9.93. The van der Waals surface area contributed by atoms with Crippen LogP contribution in [0.1, 0.15) is 25.6 Å². The molecule has 0 amide bonds. The first-order valence-electron chi connectivity index (χ1n) is 6.48. The number of anilines is 1. The maximum absolute atomic E-state index is 13.8. The van der Waals surface area contributed by atoms with Crippen molar-refractivity contribution in [1.29, 1.82) is 0 Å². The first-order chi connectivity index (χ1) is 10.9. The van der Waals surface area contributed by atoms with E-state index in [4.69, 9.17) is 11.6 Å². The molecule has 1 heterocycles. The molecule has 0 radical (unpaired) electrons. The molecule has 2 rings (SSSR count). The highest BCUT2D eigenvalue weighted by molar-refractivity contribution is 6.28. The molecule has 1 atom stereocenters. The quantitative estimate of drug-likeness (QED) is 0.819. The van der Waals surface area contributed by atoms with E-state index in [0.717, 1.165) is 6.92 Å². The minimum atomic E-state index is -4.62. The van der Waals surface area contributed by atoms with Crippen LogP contribution in [0.3, 0.4) is 0 Å². The highest BCUT2D eigenvalue weighted by Gasteiger charge is 2.46. The summed E-state index contributed by atoms with van der Waals surface area (Å²) < 4.78 is 77.7. The second-order valence-corrected chi connectivity index (χ2v) is 5.32. The van der Waals surface area contributed by atoms with E-state index in [1.54, 1.807) is 0 Å². The number of aromatic nitrogens is 3. The minimum Gasteiger partial charge on any atom is -0.343 e. The van der Waals surface area contributed by atoms with Gasteiger partial charge >= 0.3 is 12.1 Å². The molecule has 5 nitrogen and oxygen atoms in total. The Balaban J connectivity index is 2.39. The molecule has 0 saturated heterocycles. The largest absolute Gasteiger partial charge is 0.408 e. The molecule has 0 aromatic carbocycles. The Morgan fingerprint density at radius 2 is 1.88 bits per heavy atom. The summed E-state index contributed by atoms with van der Waals surface area (Å²) in [6.07, 6.45) is -6.18. The Morgan fingerprint density at radius 1 is 1.25 bits per heavy atom. The van der Waals surface area contributed by atoms with Gasteiger partial charge in [0.2, 0.25) is 11.2 Å². The van der Waals surface area contributed by atoms with Crippen molar-refractivity contribution in [2.24, 2.45) is 0 Å². The summed E-state index contributed by atoms with van der Waals surface area (Å²) in [7, 11) is 0. The Bertz CT molecular complexity index is 705. The van der Waals surface area contributed by atoms with Gasteiger partial charge in [-0.3, -0.25) is 4.79 Å². The highest BCUT2D eigenvalue weighted by atomic mass is 35.5. The van der Waals surface area contributed by atoms with Gasteiger partial charge in [0.25, 0.3) is 5.78 Å². The second kappa shape index (κ2) is 6.19. The number of rotatable bonds is 3. The Labute approximate surface area is 136 Å². The van der Waals surface area contributed by atoms with Gasteiger partial charge in [-0.25, -0.2) is 4.39 Å². The molecule has 1 aromatic heterocycles. The van der Waals surface area contributed by atoms with Crippen LogP contribution in [0.5, 0.6) is 0 Å². The van der Waals surface area contributed by atoms with Crippen molar-refractivity contribution < 1.29 is 31.1 Å². The predicted octanol–water partition coefficient (Wildman–Crippen LogP) is 3.57. The molecule has 0 fully saturated rings. The van der Waals surface area contributed by atoms with Crippen LogP contribution in [-0.4, -0.2) is 38.9 Å². The smallest absolute Gasteiger partial charge is 0.343 e. The van der Waals surface area contributed by atoms with E-state index >= 15 is 0 Å². The van der Waals surface area contributed by atoms with Crippen LogP contribution in [0.25, 0.3) is 5.57 Å². The number of Topliss-reactive ketones (excluding diaryl/α,β-unsaturated/α-hetero) is 1. The van der Waals surface area contributed by atoms with Crippen molar-refractivity contribution in [2.75, 3.05) is 5.32 Å². The van der Waals surface area contributed by atoms with E-state index in [9.17, 15) is 31.1 Å². The molecule has 1 aromatic rings. The van der Waals surface area contributed by atoms with Crippen molar-refractivity contribution in [3.8, 4) is 0 Å². The van der Waals surface area contributed by atoms with Crippen LogP contribution in [0.15, 0.2) is 5.83 Å². The molecule has 1 N–H and O–H groups in total. The number of hydrogen-bond donors (Lipinski definition) is 1. The topological polar surface area (TPSA) is 67.8 Å². The third kappa shape index (κ3) is 3.77. The van der Waals surface area contributed by atoms with E-state index in [0.29, 0.717) is 0 Å². The van der Waals surface area contributed by atoms with Crippen molar-refractivity contribution >= 4 is 28.9 Å². The van der Waals surface area contributed by atoms with Gasteiger partial charge < -0.3 is 5.32 Å². The highest BCUT2D eigenvalue weighted by Crippen LogP contribution is 2.38. The van der Waals surface area contributed by atoms with Gasteiger partial charge in [0.05, 0.1) is 0 Å². The van der Waals surface area contributed by atoms with Gasteiger partial charge in [0.15, 0.2) is 11.7 Å². The minimum absolute atomic E-state index is 0.557. The lowest BCUT2D eigenvalue weighted by molar-refractivity contribution is -0.142. The molecule has 1 aliphatic carbocycles. The number of carbonyl (C=O) groups is 1. The maximum atomic E-state index is 13.8. The van der Waals surface area contributed by atoms with Crippen LogP contribution in [0.2, 0.25) is 5.28 Å².